The molecule has 7 nitrogen and oxygen atoms in total. The van der Waals surface area contributed by atoms with Crippen molar-refractivity contribution in [2.45, 2.75) is 45.1 Å². The molecular formula is C24H31N5O2. The highest BCUT2D eigenvalue weighted by molar-refractivity contribution is 5.91. The molecule has 164 valence electrons. The Morgan fingerprint density at radius 2 is 1.65 bits per heavy atom. The fourth-order valence-electron chi connectivity index (χ4n) is 4.40. The van der Waals surface area contributed by atoms with Gasteiger partial charge in [-0.3, -0.25) is 9.59 Å². The van der Waals surface area contributed by atoms with E-state index in [4.69, 9.17) is 0 Å². The van der Waals surface area contributed by atoms with Gasteiger partial charge < -0.3 is 9.80 Å². The Balaban J connectivity index is 1.25. The van der Waals surface area contributed by atoms with Crippen LogP contribution in [0.2, 0.25) is 0 Å². The molecule has 4 rings (SSSR count). The van der Waals surface area contributed by atoms with E-state index >= 15 is 0 Å². The van der Waals surface area contributed by atoms with E-state index in [1.54, 1.807) is 16.8 Å². The number of aromatic nitrogens is 3. The van der Waals surface area contributed by atoms with Crippen molar-refractivity contribution in [2.75, 3.05) is 26.2 Å². The summed E-state index contributed by atoms with van der Waals surface area (Å²) in [6, 6.07) is 10.1. The summed E-state index contributed by atoms with van der Waals surface area (Å²) in [4.78, 5) is 29.3. The van der Waals surface area contributed by atoms with E-state index in [1.165, 1.54) is 12.8 Å². The lowest BCUT2D eigenvalue weighted by atomic mass is 9.95. The fourth-order valence-corrected chi connectivity index (χ4v) is 4.40. The van der Waals surface area contributed by atoms with Gasteiger partial charge in [-0.1, -0.05) is 48.4 Å². The molecule has 1 aromatic carbocycles. The molecule has 0 N–H and O–H groups in total. The minimum atomic E-state index is -0.0294. The SMILES string of the molecule is O=C(C=Cc1cn(Cc2ccccc2)nn1)N1CCC(C(=O)N2CCCCCC2)CC1. The number of rotatable bonds is 5. The highest BCUT2D eigenvalue weighted by Gasteiger charge is 2.29. The number of piperidine rings is 1. The molecule has 2 saturated heterocycles. The number of likely N-dealkylation sites (tertiary alicyclic amines) is 2. The normalized spacial score (nSPS) is 18.3. The summed E-state index contributed by atoms with van der Waals surface area (Å²) in [6.45, 7) is 3.70. The lowest BCUT2D eigenvalue weighted by molar-refractivity contribution is -0.139. The zero-order chi connectivity index (χ0) is 21.5. The highest BCUT2D eigenvalue weighted by Crippen LogP contribution is 2.22. The first-order valence-electron chi connectivity index (χ1n) is 11.4. The number of carbonyl (C=O) groups is 2. The number of amides is 2. The molecule has 0 aliphatic carbocycles. The second kappa shape index (κ2) is 10.4. The molecule has 3 heterocycles. The van der Waals surface area contributed by atoms with Gasteiger partial charge in [0, 0.05) is 38.2 Å². The van der Waals surface area contributed by atoms with Gasteiger partial charge in [0.05, 0.1) is 12.7 Å². The predicted molar refractivity (Wildman–Crippen MR) is 119 cm³/mol. The van der Waals surface area contributed by atoms with E-state index in [-0.39, 0.29) is 11.8 Å². The summed E-state index contributed by atoms with van der Waals surface area (Å²) in [5.74, 6) is 0.321. The average Bonchev–Trinajstić information content (AvgIpc) is 3.07. The molecule has 0 radical (unpaired) electrons. The largest absolute Gasteiger partial charge is 0.342 e. The average molecular weight is 422 g/mol. The highest BCUT2D eigenvalue weighted by atomic mass is 16.2. The number of hydrogen-bond acceptors (Lipinski definition) is 4. The third-order valence-corrected chi connectivity index (χ3v) is 6.21. The molecule has 1 aromatic heterocycles. The summed E-state index contributed by atoms with van der Waals surface area (Å²) in [6.07, 6.45) is 11.3. The van der Waals surface area contributed by atoms with E-state index < -0.39 is 0 Å². The van der Waals surface area contributed by atoms with Crippen molar-refractivity contribution >= 4 is 17.9 Å². The molecule has 31 heavy (non-hydrogen) atoms. The predicted octanol–water partition coefficient (Wildman–Crippen LogP) is 2.98. The van der Waals surface area contributed by atoms with Gasteiger partial charge in [-0.25, -0.2) is 4.68 Å². The molecule has 0 unspecified atom stereocenters. The van der Waals surface area contributed by atoms with E-state index in [2.05, 4.69) is 10.3 Å². The Morgan fingerprint density at radius 1 is 0.935 bits per heavy atom. The van der Waals surface area contributed by atoms with Crippen LogP contribution < -0.4 is 0 Å². The Morgan fingerprint density at radius 3 is 2.35 bits per heavy atom. The number of carbonyl (C=O) groups excluding carboxylic acids is 2. The van der Waals surface area contributed by atoms with Gasteiger partial charge in [-0.05, 0) is 37.3 Å². The van der Waals surface area contributed by atoms with Crippen LogP contribution in [0.15, 0.2) is 42.6 Å². The van der Waals surface area contributed by atoms with Crippen molar-refractivity contribution in [3.05, 3.63) is 53.9 Å². The first kappa shape index (κ1) is 21.3. The van der Waals surface area contributed by atoms with E-state index in [9.17, 15) is 9.59 Å². The van der Waals surface area contributed by atoms with Crippen LogP contribution in [0, 0.1) is 5.92 Å². The smallest absolute Gasteiger partial charge is 0.246 e. The van der Waals surface area contributed by atoms with Crippen LogP contribution in [-0.2, 0) is 16.1 Å². The maximum atomic E-state index is 12.8. The van der Waals surface area contributed by atoms with Gasteiger partial charge in [0.1, 0.15) is 5.69 Å². The molecule has 7 heteroatoms. The maximum Gasteiger partial charge on any atom is 0.246 e. The Hall–Kier alpha value is -2.96. The molecule has 2 amide bonds. The lowest BCUT2D eigenvalue weighted by Gasteiger charge is -2.33. The van der Waals surface area contributed by atoms with Crippen LogP contribution >= 0.6 is 0 Å². The van der Waals surface area contributed by atoms with E-state index in [0.29, 0.717) is 31.2 Å². The van der Waals surface area contributed by atoms with Crippen molar-refractivity contribution in [3.63, 3.8) is 0 Å². The number of hydrogen-bond donors (Lipinski definition) is 0. The summed E-state index contributed by atoms with van der Waals surface area (Å²) in [5.41, 5.74) is 1.81. The van der Waals surface area contributed by atoms with Gasteiger partial charge in [-0.2, -0.15) is 0 Å². The summed E-state index contributed by atoms with van der Waals surface area (Å²) in [7, 11) is 0. The molecule has 2 aromatic rings. The number of nitrogens with zero attached hydrogens (tertiary/aromatic N) is 5. The summed E-state index contributed by atoms with van der Waals surface area (Å²) in [5, 5.41) is 8.26. The van der Waals surface area contributed by atoms with Gasteiger partial charge >= 0.3 is 0 Å². The van der Waals surface area contributed by atoms with Crippen LogP contribution in [0.3, 0.4) is 0 Å². The van der Waals surface area contributed by atoms with Crippen LogP contribution in [0.4, 0.5) is 0 Å². The maximum absolute atomic E-state index is 12.8. The zero-order valence-electron chi connectivity index (χ0n) is 18.0. The molecule has 2 aliphatic rings. The van der Waals surface area contributed by atoms with Crippen LogP contribution in [0.1, 0.15) is 49.8 Å². The first-order chi connectivity index (χ1) is 15.2. The monoisotopic (exact) mass is 421 g/mol. The fraction of sp³-hybridized carbons (Fsp3) is 0.500. The van der Waals surface area contributed by atoms with Gasteiger partial charge in [0.15, 0.2) is 0 Å². The second-order valence-corrected chi connectivity index (χ2v) is 8.50. The quantitative estimate of drug-likeness (QED) is 0.696. The van der Waals surface area contributed by atoms with Crippen LogP contribution in [0.5, 0.6) is 0 Å². The van der Waals surface area contributed by atoms with Crippen molar-refractivity contribution in [2.24, 2.45) is 5.92 Å². The Bertz CT molecular complexity index is 892. The number of benzene rings is 1. The van der Waals surface area contributed by atoms with Crippen LogP contribution in [0.25, 0.3) is 6.08 Å². The van der Waals surface area contributed by atoms with Crippen molar-refractivity contribution < 1.29 is 9.59 Å². The second-order valence-electron chi connectivity index (χ2n) is 8.50. The van der Waals surface area contributed by atoms with E-state index in [1.807, 2.05) is 46.3 Å². The van der Waals surface area contributed by atoms with Gasteiger partial charge in [-0.15, -0.1) is 5.10 Å². The summed E-state index contributed by atoms with van der Waals surface area (Å²) < 4.78 is 1.76. The van der Waals surface area contributed by atoms with Crippen LogP contribution in [-0.4, -0.2) is 62.8 Å². The Kier molecular flexibility index (Phi) is 7.12. The van der Waals surface area contributed by atoms with Crippen molar-refractivity contribution in [1.82, 2.24) is 24.8 Å². The lowest BCUT2D eigenvalue weighted by Crippen LogP contribution is -2.44. The Labute approximate surface area is 183 Å². The molecule has 0 saturated carbocycles. The molecule has 2 fully saturated rings. The van der Waals surface area contributed by atoms with Gasteiger partial charge in [0.2, 0.25) is 11.8 Å². The zero-order valence-corrected chi connectivity index (χ0v) is 18.0. The molecule has 0 bridgehead atoms. The first-order valence-corrected chi connectivity index (χ1v) is 11.4. The molecule has 0 atom stereocenters. The third-order valence-electron chi connectivity index (χ3n) is 6.21. The minimum absolute atomic E-state index is 0.0294. The molecule has 0 spiro atoms. The summed E-state index contributed by atoms with van der Waals surface area (Å²) >= 11 is 0. The van der Waals surface area contributed by atoms with Gasteiger partial charge in [0.25, 0.3) is 0 Å². The van der Waals surface area contributed by atoms with Crippen molar-refractivity contribution in [1.29, 1.82) is 0 Å². The molecular weight excluding hydrogens is 390 g/mol. The standard InChI is InChI=1S/C24H31N5O2/c30-23(11-10-22-19-29(26-25-22)18-20-8-4-3-5-9-20)27-16-12-21(13-17-27)24(31)28-14-6-1-2-7-15-28/h3-5,8-11,19,21H,1-2,6-7,12-18H2. The van der Waals surface area contributed by atoms with E-state index in [0.717, 1.165) is 44.3 Å². The molecule has 2 aliphatic heterocycles. The topological polar surface area (TPSA) is 71.3 Å². The third kappa shape index (κ3) is 5.81. The minimum Gasteiger partial charge on any atom is -0.342 e. The van der Waals surface area contributed by atoms with Crippen molar-refractivity contribution in [3.8, 4) is 0 Å².